The van der Waals surface area contributed by atoms with E-state index in [1.54, 1.807) is 12.1 Å². The summed E-state index contributed by atoms with van der Waals surface area (Å²) in [5.74, 6) is 0.246. The van der Waals surface area contributed by atoms with Crippen LogP contribution in [0.3, 0.4) is 0 Å². The number of rotatable bonds is 3. The molecule has 2 amide bonds. The van der Waals surface area contributed by atoms with Crippen molar-refractivity contribution in [2.75, 3.05) is 33.2 Å². The second-order valence-corrected chi connectivity index (χ2v) is 5.65. The molecule has 1 fully saturated rings. The van der Waals surface area contributed by atoms with Gasteiger partial charge in [-0.2, -0.15) is 0 Å². The zero-order valence-corrected chi connectivity index (χ0v) is 12.9. The first-order valence-electron chi connectivity index (χ1n) is 7.63. The average molecular weight is 291 g/mol. The Labute approximate surface area is 126 Å². The summed E-state index contributed by atoms with van der Waals surface area (Å²) >= 11 is 0. The van der Waals surface area contributed by atoms with Crippen LogP contribution in [0.1, 0.15) is 31.4 Å². The van der Waals surface area contributed by atoms with Gasteiger partial charge >= 0.3 is 6.03 Å². The highest BCUT2D eigenvalue weighted by molar-refractivity contribution is 5.74. The molecule has 1 aromatic rings. The van der Waals surface area contributed by atoms with E-state index in [1.807, 2.05) is 24.0 Å². The normalized spacial score (nSPS) is 18.1. The van der Waals surface area contributed by atoms with Gasteiger partial charge in [-0.3, -0.25) is 0 Å². The lowest BCUT2D eigenvalue weighted by atomic mass is 10.0. The van der Waals surface area contributed by atoms with E-state index in [-0.39, 0.29) is 17.8 Å². The number of likely N-dealkylation sites (N-methyl/N-ethyl adjacent to an activating group) is 1. The molecule has 1 aliphatic heterocycles. The van der Waals surface area contributed by atoms with Crippen LogP contribution in [0.15, 0.2) is 24.3 Å². The van der Waals surface area contributed by atoms with Gasteiger partial charge in [-0.25, -0.2) is 4.79 Å². The SMILES string of the molecule is CCC(NC(=O)N1CCCN(C)CC1)c1ccc(O)cc1. The lowest BCUT2D eigenvalue weighted by molar-refractivity contribution is 0.195. The van der Waals surface area contributed by atoms with Gasteiger partial charge in [0.05, 0.1) is 6.04 Å². The van der Waals surface area contributed by atoms with E-state index in [2.05, 4.69) is 17.3 Å². The molecule has 0 aromatic heterocycles. The number of carbonyl (C=O) groups is 1. The Hall–Kier alpha value is -1.75. The van der Waals surface area contributed by atoms with Gasteiger partial charge < -0.3 is 20.2 Å². The molecule has 1 saturated heterocycles. The number of nitrogens with one attached hydrogen (secondary N) is 1. The number of phenols is 1. The molecule has 116 valence electrons. The first kappa shape index (κ1) is 15.6. The van der Waals surface area contributed by atoms with Gasteiger partial charge in [-0.1, -0.05) is 19.1 Å². The second-order valence-electron chi connectivity index (χ2n) is 5.65. The van der Waals surface area contributed by atoms with Crippen molar-refractivity contribution in [3.63, 3.8) is 0 Å². The van der Waals surface area contributed by atoms with E-state index < -0.39 is 0 Å². The molecule has 1 unspecified atom stereocenters. The van der Waals surface area contributed by atoms with Crippen LogP contribution < -0.4 is 5.32 Å². The maximum atomic E-state index is 12.4. The summed E-state index contributed by atoms with van der Waals surface area (Å²) in [7, 11) is 2.09. The standard InChI is InChI=1S/C16H25N3O2/c1-3-15(13-5-7-14(20)8-6-13)17-16(21)19-10-4-9-18(2)11-12-19/h5-8,15,20H,3-4,9-12H2,1-2H3,(H,17,21). The Kier molecular flexibility index (Phi) is 5.44. The van der Waals surface area contributed by atoms with Crippen LogP contribution in [-0.4, -0.2) is 54.2 Å². The van der Waals surface area contributed by atoms with E-state index in [9.17, 15) is 9.90 Å². The molecule has 0 saturated carbocycles. The number of benzene rings is 1. The Morgan fingerprint density at radius 1 is 1.24 bits per heavy atom. The Balaban J connectivity index is 1.97. The minimum absolute atomic E-state index is 0.00484. The van der Waals surface area contributed by atoms with Crippen molar-refractivity contribution in [1.29, 1.82) is 0 Å². The molecule has 21 heavy (non-hydrogen) atoms. The number of aromatic hydroxyl groups is 1. The maximum absolute atomic E-state index is 12.4. The fraction of sp³-hybridized carbons (Fsp3) is 0.562. The molecule has 0 aliphatic carbocycles. The molecule has 1 heterocycles. The summed E-state index contributed by atoms with van der Waals surface area (Å²) in [6, 6.07) is 7.03. The number of hydrogen-bond donors (Lipinski definition) is 2. The summed E-state index contributed by atoms with van der Waals surface area (Å²) < 4.78 is 0. The van der Waals surface area contributed by atoms with E-state index in [0.717, 1.165) is 44.6 Å². The van der Waals surface area contributed by atoms with Gasteiger partial charge in [0.25, 0.3) is 0 Å². The largest absolute Gasteiger partial charge is 0.508 e. The first-order chi connectivity index (χ1) is 10.1. The van der Waals surface area contributed by atoms with Crippen molar-refractivity contribution in [1.82, 2.24) is 15.1 Å². The molecule has 1 aromatic carbocycles. The third kappa shape index (κ3) is 4.36. The van der Waals surface area contributed by atoms with Crippen LogP contribution in [0, 0.1) is 0 Å². The minimum atomic E-state index is -0.0147. The number of amides is 2. The number of urea groups is 1. The average Bonchev–Trinajstić information content (AvgIpc) is 2.70. The van der Waals surface area contributed by atoms with Gasteiger partial charge in [0.2, 0.25) is 0 Å². The van der Waals surface area contributed by atoms with Gasteiger partial charge in [0, 0.05) is 19.6 Å². The molecule has 0 spiro atoms. The molecule has 5 nitrogen and oxygen atoms in total. The van der Waals surface area contributed by atoms with E-state index in [1.165, 1.54) is 0 Å². The molecular formula is C16H25N3O2. The van der Waals surface area contributed by atoms with Gasteiger partial charge in [-0.05, 0) is 44.1 Å². The predicted octanol–water partition coefficient (Wildman–Crippen LogP) is 2.19. The highest BCUT2D eigenvalue weighted by atomic mass is 16.3. The minimum Gasteiger partial charge on any atom is -0.508 e. The van der Waals surface area contributed by atoms with Crippen molar-refractivity contribution in [3.05, 3.63) is 29.8 Å². The third-order valence-electron chi connectivity index (χ3n) is 4.01. The van der Waals surface area contributed by atoms with Gasteiger partial charge in [0.1, 0.15) is 5.75 Å². The highest BCUT2D eigenvalue weighted by Gasteiger charge is 2.20. The van der Waals surface area contributed by atoms with Crippen molar-refractivity contribution in [2.24, 2.45) is 0 Å². The molecule has 0 radical (unpaired) electrons. The first-order valence-corrected chi connectivity index (χ1v) is 7.63. The van der Waals surface area contributed by atoms with E-state index in [4.69, 9.17) is 0 Å². The van der Waals surface area contributed by atoms with E-state index in [0.29, 0.717) is 0 Å². The van der Waals surface area contributed by atoms with Crippen molar-refractivity contribution < 1.29 is 9.90 Å². The van der Waals surface area contributed by atoms with Gasteiger partial charge in [-0.15, -0.1) is 0 Å². The second kappa shape index (κ2) is 7.31. The summed E-state index contributed by atoms with van der Waals surface area (Å²) in [6.45, 7) is 5.59. The molecular weight excluding hydrogens is 266 g/mol. The highest BCUT2D eigenvalue weighted by Crippen LogP contribution is 2.20. The number of nitrogens with zero attached hydrogens (tertiary/aromatic N) is 2. The van der Waals surface area contributed by atoms with Crippen LogP contribution in [0.25, 0.3) is 0 Å². The van der Waals surface area contributed by atoms with E-state index >= 15 is 0 Å². The lowest BCUT2D eigenvalue weighted by Crippen LogP contribution is -2.43. The molecule has 1 atom stereocenters. The number of hydrogen-bond acceptors (Lipinski definition) is 3. The zero-order chi connectivity index (χ0) is 15.2. The number of phenolic OH excluding ortho intramolecular Hbond substituents is 1. The van der Waals surface area contributed by atoms with Crippen LogP contribution in [0.4, 0.5) is 4.79 Å². The Morgan fingerprint density at radius 2 is 1.95 bits per heavy atom. The number of carbonyl (C=O) groups excluding carboxylic acids is 1. The summed E-state index contributed by atoms with van der Waals surface area (Å²) in [5.41, 5.74) is 1.02. The molecule has 2 rings (SSSR count). The fourth-order valence-electron chi connectivity index (χ4n) is 2.62. The molecule has 5 heteroatoms. The zero-order valence-electron chi connectivity index (χ0n) is 12.9. The van der Waals surface area contributed by atoms with Crippen LogP contribution in [-0.2, 0) is 0 Å². The predicted molar refractivity (Wildman–Crippen MR) is 83.4 cm³/mol. The Morgan fingerprint density at radius 3 is 2.62 bits per heavy atom. The third-order valence-corrected chi connectivity index (χ3v) is 4.01. The fourth-order valence-corrected chi connectivity index (χ4v) is 2.62. The lowest BCUT2D eigenvalue weighted by Gasteiger charge is -2.25. The van der Waals surface area contributed by atoms with Crippen molar-refractivity contribution in [2.45, 2.75) is 25.8 Å². The summed E-state index contributed by atoms with van der Waals surface area (Å²) in [4.78, 5) is 16.6. The van der Waals surface area contributed by atoms with Crippen LogP contribution >= 0.6 is 0 Å². The molecule has 0 bridgehead atoms. The molecule has 1 aliphatic rings. The van der Waals surface area contributed by atoms with Crippen LogP contribution in [0.5, 0.6) is 5.75 Å². The molecule has 2 N–H and O–H groups in total. The van der Waals surface area contributed by atoms with Crippen molar-refractivity contribution >= 4 is 6.03 Å². The van der Waals surface area contributed by atoms with Crippen LogP contribution in [0.2, 0.25) is 0 Å². The van der Waals surface area contributed by atoms with Gasteiger partial charge in [0.15, 0.2) is 0 Å². The summed E-state index contributed by atoms with van der Waals surface area (Å²) in [5, 5.41) is 12.5. The Bertz CT molecular complexity index is 461. The summed E-state index contributed by atoms with van der Waals surface area (Å²) in [6.07, 6.45) is 1.84. The quantitative estimate of drug-likeness (QED) is 0.897. The smallest absolute Gasteiger partial charge is 0.317 e. The monoisotopic (exact) mass is 291 g/mol. The topological polar surface area (TPSA) is 55.8 Å². The van der Waals surface area contributed by atoms with Crippen molar-refractivity contribution in [3.8, 4) is 5.75 Å². The maximum Gasteiger partial charge on any atom is 0.317 e.